The summed E-state index contributed by atoms with van der Waals surface area (Å²) in [4.78, 5) is 23.9. The van der Waals surface area contributed by atoms with Gasteiger partial charge in [-0.2, -0.15) is 0 Å². The van der Waals surface area contributed by atoms with Gasteiger partial charge >= 0.3 is 5.97 Å². The van der Waals surface area contributed by atoms with Crippen molar-refractivity contribution < 1.29 is 14.7 Å². The number of amides is 1. The summed E-state index contributed by atoms with van der Waals surface area (Å²) in [5, 5.41) is 11.4. The summed E-state index contributed by atoms with van der Waals surface area (Å²) < 4.78 is 0. The van der Waals surface area contributed by atoms with Gasteiger partial charge in [-0.1, -0.05) is 13.0 Å². The highest BCUT2D eigenvalue weighted by molar-refractivity contribution is 7.98. The molecule has 0 aromatic heterocycles. The first kappa shape index (κ1) is 14.6. The van der Waals surface area contributed by atoms with Crippen LogP contribution >= 0.6 is 11.8 Å². The highest BCUT2D eigenvalue weighted by Crippen LogP contribution is 2.19. The van der Waals surface area contributed by atoms with Gasteiger partial charge in [0.25, 0.3) is 5.91 Å². The van der Waals surface area contributed by atoms with Crippen molar-refractivity contribution in [2.45, 2.75) is 31.2 Å². The van der Waals surface area contributed by atoms with E-state index in [0.29, 0.717) is 12.0 Å². The number of hydrogen-bond acceptors (Lipinski definition) is 3. The molecular weight excluding hydrogens is 250 g/mol. The molecule has 1 aromatic rings. The molecule has 0 aliphatic rings. The van der Waals surface area contributed by atoms with Crippen molar-refractivity contribution in [2.24, 2.45) is 0 Å². The van der Waals surface area contributed by atoms with Gasteiger partial charge in [-0.3, -0.25) is 4.79 Å². The first-order chi connectivity index (χ1) is 8.49. The predicted molar refractivity (Wildman–Crippen MR) is 72.1 cm³/mol. The number of carboxylic acids is 1. The maximum atomic E-state index is 12.0. The van der Waals surface area contributed by atoms with Crippen molar-refractivity contribution in [3.05, 3.63) is 29.3 Å². The number of carboxylic acid groups (broad SMARTS) is 1. The second kappa shape index (κ2) is 6.44. The van der Waals surface area contributed by atoms with E-state index >= 15 is 0 Å². The number of benzene rings is 1. The SMILES string of the molecule is CC[C@H](NC(=O)c1cc(SC)ccc1C)C(=O)O. The number of carbonyl (C=O) groups is 2. The van der Waals surface area contributed by atoms with Crippen molar-refractivity contribution >= 4 is 23.6 Å². The number of aliphatic carboxylic acids is 1. The fraction of sp³-hybridized carbons (Fsp3) is 0.385. The van der Waals surface area contributed by atoms with Gasteiger partial charge in [-0.15, -0.1) is 11.8 Å². The highest BCUT2D eigenvalue weighted by atomic mass is 32.2. The lowest BCUT2D eigenvalue weighted by atomic mass is 10.1. The minimum atomic E-state index is -1.01. The van der Waals surface area contributed by atoms with Gasteiger partial charge in [-0.05, 0) is 37.3 Å². The minimum Gasteiger partial charge on any atom is -0.480 e. The lowest BCUT2D eigenvalue weighted by Crippen LogP contribution is -2.40. The molecule has 1 atom stereocenters. The average molecular weight is 267 g/mol. The maximum Gasteiger partial charge on any atom is 0.326 e. The largest absolute Gasteiger partial charge is 0.480 e. The van der Waals surface area contributed by atoms with Crippen molar-refractivity contribution in [3.8, 4) is 0 Å². The predicted octanol–water partition coefficient (Wildman–Crippen LogP) is 2.31. The summed E-state index contributed by atoms with van der Waals surface area (Å²) in [7, 11) is 0. The maximum absolute atomic E-state index is 12.0. The molecule has 2 N–H and O–H groups in total. The van der Waals surface area contributed by atoms with Crippen LogP contribution in [-0.2, 0) is 4.79 Å². The van der Waals surface area contributed by atoms with E-state index in [0.717, 1.165) is 10.5 Å². The molecule has 4 nitrogen and oxygen atoms in total. The van der Waals surface area contributed by atoms with Gasteiger partial charge in [0.05, 0.1) is 0 Å². The van der Waals surface area contributed by atoms with Crippen LogP contribution in [0.25, 0.3) is 0 Å². The van der Waals surface area contributed by atoms with Crippen LogP contribution in [0.4, 0.5) is 0 Å². The van der Waals surface area contributed by atoms with Gasteiger partial charge in [0, 0.05) is 10.5 Å². The molecule has 0 saturated carbocycles. The molecule has 0 unspecified atom stereocenters. The van der Waals surface area contributed by atoms with Crippen LogP contribution in [0, 0.1) is 6.92 Å². The van der Waals surface area contributed by atoms with Gasteiger partial charge in [0.1, 0.15) is 6.04 Å². The van der Waals surface area contributed by atoms with Crippen LogP contribution in [0.5, 0.6) is 0 Å². The third-order valence-electron chi connectivity index (χ3n) is 2.70. The van der Waals surface area contributed by atoms with Crippen LogP contribution in [0.2, 0.25) is 0 Å². The summed E-state index contributed by atoms with van der Waals surface area (Å²) in [5.41, 5.74) is 1.37. The molecule has 98 valence electrons. The summed E-state index contributed by atoms with van der Waals surface area (Å²) in [6, 6.07) is 4.74. The smallest absolute Gasteiger partial charge is 0.326 e. The molecule has 1 aromatic carbocycles. The van der Waals surface area contributed by atoms with Crippen LogP contribution in [-0.4, -0.2) is 29.3 Å². The van der Waals surface area contributed by atoms with E-state index in [1.165, 1.54) is 0 Å². The lowest BCUT2D eigenvalue weighted by Gasteiger charge is -2.14. The van der Waals surface area contributed by atoms with Gasteiger partial charge < -0.3 is 10.4 Å². The topological polar surface area (TPSA) is 66.4 Å². The summed E-state index contributed by atoms with van der Waals surface area (Å²) in [6.45, 7) is 3.56. The number of carbonyl (C=O) groups excluding carboxylic acids is 1. The van der Waals surface area contributed by atoms with Crippen LogP contribution in [0.15, 0.2) is 23.1 Å². The zero-order chi connectivity index (χ0) is 13.7. The Bertz CT molecular complexity index is 460. The summed E-state index contributed by atoms with van der Waals surface area (Å²) in [6.07, 6.45) is 2.29. The molecule has 18 heavy (non-hydrogen) atoms. The number of thioether (sulfide) groups is 1. The van der Waals surface area contributed by atoms with E-state index in [-0.39, 0.29) is 5.91 Å². The van der Waals surface area contributed by atoms with Crippen LogP contribution in [0.1, 0.15) is 29.3 Å². The highest BCUT2D eigenvalue weighted by Gasteiger charge is 2.19. The Hall–Kier alpha value is -1.49. The first-order valence-corrected chi connectivity index (χ1v) is 6.90. The number of rotatable bonds is 5. The van der Waals surface area contributed by atoms with Crippen LogP contribution in [0.3, 0.4) is 0 Å². The van der Waals surface area contributed by atoms with Gasteiger partial charge in [0.15, 0.2) is 0 Å². The normalized spacial score (nSPS) is 11.9. The van der Waals surface area contributed by atoms with E-state index in [9.17, 15) is 9.59 Å². The molecule has 0 aliphatic carbocycles. The quantitative estimate of drug-likeness (QED) is 0.803. The Balaban J connectivity index is 2.93. The van der Waals surface area contributed by atoms with E-state index in [1.807, 2.05) is 25.3 Å². The Labute approximate surface area is 111 Å². The number of aryl methyl sites for hydroxylation is 1. The molecule has 1 rings (SSSR count). The molecule has 0 spiro atoms. The zero-order valence-electron chi connectivity index (χ0n) is 10.7. The van der Waals surface area contributed by atoms with Crippen LogP contribution < -0.4 is 5.32 Å². The molecule has 1 amide bonds. The van der Waals surface area contributed by atoms with E-state index in [2.05, 4.69) is 5.32 Å². The molecule has 0 bridgehead atoms. The zero-order valence-corrected chi connectivity index (χ0v) is 11.5. The molecule has 5 heteroatoms. The van der Waals surface area contributed by atoms with Crippen molar-refractivity contribution in [2.75, 3.05) is 6.26 Å². The fourth-order valence-corrected chi connectivity index (χ4v) is 1.99. The van der Waals surface area contributed by atoms with Gasteiger partial charge in [0.2, 0.25) is 0 Å². The molecular formula is C13H17NO3S. The molecule has 0 saturated heterocycles. The van der Waals surface area contributed by atoms with Crippen molar-refractivity contribution in [1.82, 2.24) is 5.32 Å². The Morgan fingerprint density at radius 3 is 2.61 bits per heavy atom. The van der Waals surface area contributed by atoms with E-state index in [1.54, 1.807) is 24.8 Å². The lowest BCUT2D eigenvalue weighted by molar-refractivity contribution is -0.139. The second-order valence-electron chi connectivity index (χ2n) is 3.95. The summed E-state index contributed by atoms with van der Waals surface area (Å²) >= 11 is 1.54. The molecule has 0 radical (unpaired) electrons. The summed E-state index contributed by atoms with van der Waals surface area (Å²) in [5.74, 6) is -1.35. The third kappa shape index (κ3) is 3.50. The van der Waals surface area contributed by atoms with Crippen molar-refractivity contribution in [3.63, 3.8) is 0 Å². The van der Waals surface area contributed by atoms with E-state index < -0.39 is 12.0 Å². The molecule has 0 aliphatic heterocycles. The Morgan fingerprint density at radius 2 is 2.11 bits per heavy atom. The number of nitrogens with one attached hydrogen (secondary N) is 1. The monoisotopic (exact) mass is 267 g/mol. The minimum absolute atomic E-state index is 0.336. The Kier molecular flexibility index (Phi) is 5.22. The Morgan fingerprint density at radius 1 is 1.44 bits per heavy atom. The molecule has 0 fully saturated rings. The fourth-order valence-electron chi connectivity index (χ4n) is 1.55. The standard InChI is InChI=1S/C13H17NO3S/c1-4-11(13(16)17)14-12(15)10-7-9(18-3)6-5-8(10)2/h5-7,11H,4H2,1-3H3,(H,14,15)(H,16,17)/t11-/m0/s1. The molecule has 0 heterocycles. The van der Waals surface area contributed by atoms with Crippen molar-refractivity contribution in [1.29, 1.82) is 0 Å². The third-order valence-corrected chi connectivity index (χ3v) is 3.43. The first-order valence-electron chi connectivity index (χ1n) is 5.67. The van der Waals surface area contributed by atoms with Gasteiger partial charge in [-0.25, -0.2) is 4.79 Å². The average Bonchev–Trinajstić information content (AvgIpc) is 2.35. The van der Waals surface area contributed by atoms with E-state index in [4.69, 9.17) is 5.11 Å². The number of hydrogen-bond donors (Lipinski definition) is 2. The second-order valence-corrected chi connectivity index (χ2v) is 4.83.